The minimum absolute atomic E-state index is 0.343. The van der Waals surface area contributed by atoms with Gasteiger partial charge in [0.2, 0.25) is 0 Å². The van der Waals surface area contributed by atoms with Gasteiger partial charge < -0.3 is 9.67 Å². The van der Waals surface area contributed by atoms with E-state index in [2.05, 4.69) is 31.1 Å². The van der Waals surface area contributed by atoms with Crippen LogP contribution in [-0.4, -0.2) is 31.5 Å². The Bertz CT molecular complexity index is 1540. The second-order valence-corrected chi connectivity index (χ2v) is 8.67. The quantitative estimate of drug-likeness (QED) is 0.337. The van der Waals surface area contributed by atoms with Crippen molar-refractivity contribution in [2.24, 2.45) is 0 Å². The summed E-state index contributed by atoms with van der Waals surface area (Å²) < 4.78 is 29.0. The highest BCUT2D eigenvalue weighted by atomic mass is 79.9. The highest BCUT2D eigenvalue weighted by molar-refractivity contribution is 9.10. The number of rotatable bonds is 5. The minimum Gasteiger partial charge on any atom is -0.394 e. The molecule has 0 saturated carbocycles. The Morgan fingerprint density at radius 2 is 1.82 bits per heavy atom. The summed E-state index contributed by atoms with van der Waals surface area (Å²) in [5, 5.41) is 18.0. The smallest absolute Gasteiger partial charge is 0.251 e. The van der Waals surface area contributed by atoms with E-state index in [9.17, 15) is 18.7 Å². The maximum atomic E-state index is 13.9. The number of hydrogen-bond acceptors (Lipinski definition) is 4. The van der Waals surface area contributed by atoms with Crippen molar-refractivity contribution in [3.63, 3.8) is 0 Å². The van der Waals surface area contributed by atoms with Crippen LogP contribution in [0.4, 0.5) is 8.78 Å². The van der Waals surface area contributed by atoms with Crippen LogP contribution in [0.5, 0.6) is 0 Å². The predicted molar refractivity (Wildman–Crippen MR) is 128 cm³/mol. The van der Waals surface area contributed by atoms with Crippen LogP contribution in [0.25, 0.3) is 33.4 Å². The molecular weight excluding hydrogens is 506 g/mol. The van der Waals surface area contributed by atoms with Gasteiger partial charge in [-0.3, -0.25) is 14.9 Å². The Morgan fingerprint density at radius 1 is 1.00 bits per heavy atom. The standard InChI is InChI=1S/C25H17BrF2N4O2/c26-17-7-16(8-19(28)11-17)23(13-33)32-6-5-15(10-24(32)34)14-1-3-21-20(9-14)25(31-30-21)22-4-2-18(27)12-29-22/h1-12,23,33H,13H2,(H,30,31)/t23-/m1/s1. The molecule has 0 unspecified atom stereocenters. The lowest BCUT2D eigenvalue weighted by Crippen LogP contribution is -2.27. The number of nitrogens with one attached hydrogen (secondary N) is 1. The largest absolute Gasteiger partial charge is 0.394 e. The van der Waals surface area contributed by atoms with Crippen LogP contribution in [0.1, 0.15) is 11.6 Å². The third-order valence-corrected chi connectivity index (χ3v) is 6.05. The van der Waals surface area contributed by atoms with Gasteiger partial charge in [-0.1, -0.05) is 22.0 Å². The van der Waals surface area contributed by atoms with Crippen molar-refractivity contribution in [2.45, 2.75) is 6.04 Å². The van der Waals surface area contributed by atoms with Crippen molar-refractivity contribution in [3.8, 4) is 22.5 Å². The Kier molecular flexibility index (Phi) is 5.80. The SMILES string of the molecule is O=c1cc(-c2ccc3[nH]nc(-c4ccc(F)cn4)c3c2)ccn1[C@H](CO)c1cc(F)cc(Br)c1. The lowest BCUT2D eigenvalue weighted by atomic mass is 10.0. The fraction of sp³-hybridized carbons (Fsp3) is 0.0800. The average Bonchev–Trinajstić information content (AvgIpc) is 3.24. The van der Waals surface area contributed by atoms with Gasteiger partial charge in [0.05, 0.1) is 30.1 Å². The number of nitrogens with zero attached hydrogens (tertiary/aromatic N) is 3. The van der Waals surface area contributed by atoms with E-state index in [4.69, 9.17) is 0 Å². The first-order valence-electron chi connectivity index (χ1n) is 10.3. The number of aliphatic hydroxyl groups excluding tert-OH is 1. The van der Waals surface area contributed by atoms with Crippen molar-refractivity contribution in [3.05, 3.63) is 105 Å². The van der Waals surface area contributed by atoms with E-state index in [-0.39, 0.29) is 12.2 Å². The van der Waals surface area contributed by atoms with E-state index >= 15 is 0 Å². The summed E-state index contributed by atoms with van der Waals surface area (Å²) in [4.78, 5) is 17.1. The molecule has 6 nitrogen and oxygen atoms in total. The summed E-state index contributed by atoms with van der Waals surface area (Å²) in [5.74, 6) is -0.899. The molecule has 0 spiro atoms. The van der Waals surface area contributed by atoms with Crippen LogP contribution >= 0.6 is 15.9 Å². The Labute approximate surface area is 200 Å². The molecule has 0 amide bonds. The Balaban J connectivity index is 1.54. The summed E-state index contributed by atoms with van der Waals surface area (Å²) in [6.45, 7) is -0.371. The van der Waals surface area contributed by atoms with Gasteiger partial charge in [-0.05, 0) is 65.2 Å². The van der Waals surface area contributed by atoms with Crippen molar-refractivity contribution in [2.75, 3.05) is 6.61 Å². The number of aliphatic hydroxyl groups is 1. The van der Waals surface area contributed by atoms with Gasteiger partial charge >= 0.3 is 0 Å². The molecule has 170 valence electrons. The van der Waals surface area contributed by atoms with Crippen LogP contribution < -0.4 is 5.56 Å². The van der Waals surface area contributed by atoms with Gasteiger partial charge in [0.25, 0.3) is 5.56 Å². The zero-order valence-corrected chi connectivity index (χ0v) is 19.1. The summed E-state index contributed by atoms with van der Waals surface area (Å²) in [6.07, 6.45) is 2.72. The van der Waals surface area contributed by atoms with Crippen molar-refractivity contribution >= 4 is 26.8 Å². The first kappa shape index (κ1) is 22.1. The molecule has 0 fully saturated rings. The van der Waals surface area contributed by atoms with Crippen LogP contribution in [-0.2, 0) is 0 Å². The average molecular weight is 523 g/mol. The maximum Gasteiger partial charge on any atom is 0.251 e. The number of pyridine rings is 2. The maximum absolute atomic E-state index is 13.9. The Morgan fingerprint density at radius 3 is 2.53 bits per heavy atom. The molecule has 0 aliphatic carbocycles. The molecule has 0 bridgehead atoms. The third kappa shape index (κ3) is 4.15. The van der Waals surface area contributed by atoms with E-state index in [1.54, 1.807) is 24.4 Å². The molecule has 2 N–H and O–H groups in total. The van der Waals surface area contributed by atoms with Crippen molar-refractivity contribution in [1.82, 2.24) is 19.7 Å². The molecule has 5 rings (SSSR count). The Hall–Kier alpha value is -3.69. The number of fused-ring (bicyclic) bond motifs is 1. The number of benzene rings is 2. The highest BCUT2D eigenvalue weighted by Crippen LogP contribution is 2.30. The summed E-state index contributed by atoms with van der Waals surface area (Å²) in [7, 11) is 0. The summed E-state index contributed by atoms with van der Waals surface area (Å²) in [6, 6.07) is 15.2. The monoisotopic (exact) mass is 522 g/mol. The number of H-pyrrole nitrogens is 1. The zero-order chi connectivity index (χ0) is 23.8. The molecular formula is C25H17BrF2N4O2. The highest BCUT2D eigenvalue weighted by Gasteiger charge is 2.17. The topological polar surface area (TPSA) is 83.8 Å². The van der Waals surface area contributed by atoms with E-state index in [0.29, 0.717) is 27.0 Å². The molecule has 9 heteroatoms. The lowest BCUT2D eigenvalue weighted by molar-refractivity contribution is 0.246. The first-order chi connectivity index (χ1) is 16.4. The van der Waals surface area contributed by atoms with Gasteiger partial charge in [-0.25, -0.2) is 8.78 Å². The molecule has 0 aliphatic rings. The number of halogens is 3. The predicted octanol–water partition coefficient (Wildman–Crippen LogP) is 5.08. The zero-order valence-electron chi connectivity index (χ0n) is 17.5. The second-order valence-electron chi connectivity index (χ2n) is 7.76. The molecule has 34 heavy (non-hydrogen) atoms. The van der Waals surface area contributed by atoms with E-state index in [1.807, 2.05) is 18.2 Å². The summed E-state index contributed by atoms with van der Waals surface area (Å²) >= 11 is 3.25. The number of aromatic nitrogens is 4. The van der Waals surface area contributed by atoms with E-state index < -0.39 is 17.7 Å². The van der Waals surface area contributed by atoms with Crippen molar-refractivity contribution in [1.29, 1.82) is 0 Å². The normalized spacial score (nSPS) is 12.2. The van der Waals surface area contributed by atoms with E-state index in [0.717, 1.165) is 22.7 Å². The number of aromatic amines is 1. The first-order valence-corrected chi connectivity index (χ1v) is 11.1. The molecule has 1 atom stereocenters. The molecule has 3 aromatic heterocycles. The van der Waals surface area contributed by atoms with Crippen LogP contribution in [0, 0.1) is 11.6 Å². The summed E-state index contributed by atoms with van der Waals surface area (Å²) in [5.41, 5.74) is 3.44. The van der Waals surface area contributed by atoms with Gasteiger partial charge in [0.15, 0.2) is 0 Å². The van der Waals surface area contributed by atoms with Crippen molar-refractivity contribution < 1.29 is 13.9 Å². The fourth-order valence-corrected chi connectivity index (χ4v) is 4.44. The molecule has 0 saturated heterocycles. The van der Waals surface area contributed by atoms with Crippen LogP contribution in [0.3, 0.4) is 0 Å². The number of hydrogen-bond donors (Lipinski definition) is 2. The van der Waals surface area contributed by atoms with E-state index in [1.165, 1.54) is 28.8 Å². The third-order valence-electron chi connectivity index (χ3n) is 5.59. The van der Waals surface area contributed by atoms with Crippen LogP contribution in [0.15, 0.2) is 82.3 Å². The lowest BCUT2D eigenvalue weighted by Gasteiger charge is -2.19. The van der Waals surface area contributed by atoms with Crippen LogP contribution in [0.2, 0.25) is 0 Å². The molecule has 3 heterocycles. The molecule has 5 aromatic rings. The van der Waals surface area contributed by atoms with Gasteiger partial charge in [0, 0.05) is 22.1 Å². The minimum atomic E-state index is -0.735. The second kappa shape index (κ2) is 8.92. The molecule has 2 aromatic carbocycles. The fourth-order valence-electron chi connectivity index (χ4n) is 3.95. The van der Waals surface area contributed by atoms with Gasteiger partial charge in [-0.15, -0.1) is 0 Å². The van der Waals surface area contributed by atoms with Gasteiger partial charge in [0.1, 0.15) is 17.3 Å². The molecule has 0 aliphatic heterocycles. The van der Waals surface area contributed by atoms with Gasteiger partial charge in [-0.2, -0.15) is 5.10 Å². The molecule has 0 radical (unpaired) electrons.